The van der Waals surface area contributed by atoms with Crippen molar-refractivity contribution in [1.82, 2.24) is 0 Å². The molecule has 0 aliphatic carbocycles. The number of hydrogen-bond donors (Lipinski definition) is 2. The number of rotatable bonds is 8. The summed E-state index contributed by atoms with van der Waals surface area (Å²) in [6.45, 7) is 2.21. The van der Waals surface area contributed by atoms with E-state index in [-0.39, 0.29) is 12.5 Å². The molecule has 0 aliphatic heterocycles. The maximum atomic E-state index is 11.0. The van der Waals surface area contributed by atoms with Crippen LogP contribution < -0.4 is 5.73 Å². The Kier molecular flexibility index (Phi) is 7.82. The third-order valence-corrected chi connectivity index (χ3v) is 4.78. The van der Waals surface area contributed by atoms with Gasteiger partial charge in [0.15, 0.2) is 0 Å². The number of carboxylic acids is 1. The van der Waals surface area contributed by atoms with Crippen LogP contribution in [0.25, 0.3) is 0 Å². The number of hydrogen-bond acceptors (Lipinski definition) is 2. The molecule has 1 aromatic carbocycles. The summed E-state index contributed by atoms with van der Waals surface area (Å²) in [4.78, 5) is 11.0. The molecular formula is C15H20Cl3NO2. The van der Waals surface area contributed by atoms with Crippen LogP contribution in [-0.2, 0) is 11.2 Å². The van der Waals surface area contributed by atoms with Gasteiger partial charge in [0.1, 0.15) is 0 Å². The highest BCUT2D eigenvalue weighted by Crippen LogP contribution is 2.33. The molecule has 0 fully saturated rings. The standard InChI is InChI=1S/C15H20Cl3NO2/c1-9(7-10(8-19)15(20)21)3-2-4-11-12(16)5-6-13(17)14(11)18/h5-6,9-10H,2-4,7-8,19H2,1H3,(H,20,21). The third kappa shape index (κ3) is 5.67. The van der Waals surface area contributed by atoms with Crippen molar-refractivity contribution in [2.24, 2.45) is 17.6 Å². The maximum Gasteiger partial charge on any atom is 0.307 e. The van der Waals surface area contributed by atoms with Gasteiger partial charge in [0.05, 0.1) is 16.0 Å². The van der Waals surface area contributed by atoms with E-state index >= 15 is 0 Å². The number of benzene rings is 1. The Morgan fingerprint density at radius 2 is 1.90 bits per heavy atom. The van der Waals surface area contributed by atoms with Crippen LogP contribution in [0.3, 0.4) is 0 Å². The van der Waals surface area contributed by atoms with Gasteiger partial charge in [0.2, 0.25) is 0 Å². The number of carboxylic acid groups (broad SMARTS) is 1. The Hall–Kier alpha value is -0.480. The fourth-order valence-corrected chi connectivity index (χ4v) is 3.06. The smallest absolute Gasteiger partial charge is 0.307 e. The predicted octanol–water partition coefficient (Wildman–Crippen LogP) is 4.66. The van der Waals surface area contributed by atoms with Gasteiger partial charge in [-0.05, 0) is 42.9 Å². The first-order chi connectivity index (χ1) is 9.86. The maximum absolute atomic E-state index is 11.0. The van der Waals surface area contributed by atoms with E-state index < -0.39 is 11.9 Å². The van der Waals surface area contributed by atoms with E-state index in [1.165, 1.54) is 0 Å². The van der Waals surface area contributed by atoms with Gasteiger partial charge in [-0.15, -0.1) is 0 Å². The summed E-state index contributed by atoms with van der Waals surface area (Å²) in [5.74, 6) is -1.02. The fraction of sp³-hybridized carbons (Fsp3) is 0.533. The summed E-state index contributed by atoms with van der Waals surface area (Å²) in [7, 11) is 0. The van der Waals surface area contributed by atoms with Crippen LogP contribution in [0.15, 0.2) is 12.1 Å². The second-order valence-electron chi connectivity index (χ2n) is 5.33. The molecule has 3 N–H and O–H groups in total. The van der Waals surface area contributed by atoms with Crippen molar-refractivity contribution < 1.29 is 9.90 Å². The highest BCUT2D eigenvalue weighted by atomic mass is 35.5. The van der Waals surface area contributed by atoms with Crippen LogP contribution in [0.5, 0.6) is 0 Å². The first kappa shape index (κ1) is 18.6. The molecule has 1 aromatic rings. The molecule has 2 unspecified atom stereocenters. The lowest BCUT2D eigenvalue weighted by atomic mass is 9.91. The van der Waals surface area contributed by atoms with E-state index in [4.69, 9.17) is 45.6 Å². The van der Waals surface area contributed by atoms with E-state index in [9.17, 15) is 4.79 Å². The summed E-state index contributed by atoms with van der Waals surface area (Å²) < 4.78 is 0. The molecule has 2 atom stereocenters. The third-order valence-electron chi connectivity index (χ3n) is 3.58. The summed E-state index contributed by atoms with van der Waals surface area (Å²) in [6, 6.07) is 3.42. The summed E-state index contributed by atoms with van der Waals surface area (Å²) >= 11 is 18.3. The van der Waals surface area contributed by atoms with Gasteiger partial charge in [-0.1, -0.05) is 48.1 Å². The van der Waals surface area contributed by atoms with Crippen LogP contribution in [0.4, 0.5) is 0 Å². The van der Waals surface area contributed by atoms with Crippen LogP contribution in [0.2, 0.25) is 15.1 Å². The molecule has 0 bridgehead atoms. The van der Waals surface area contributed by atoms with E-state index in [2.05, 4.69) is 0 Å². The summed E-state index contributed by atoms with van der Waals surface area (Å²) in [5, 5.41) is 10.6. The van der Waals surface area contributed by atoms with Crippen molar-refractivity contribution in [3.63, 3.8) is 0 Å². The minimum absolute atomic E-state index is 0.172. The lowest BCUT2D eigenvalue weighted by Gasteiger charge is -2.16. The normalized spacial score (nSPS) is 14.0. The SMILES string of the molecule is CC(CCCc1c(Cl)ccc(Cl)c1Cl)CC(CN)C(=O)O. The zero-order valence-corrected chi connectivity index (χ0v) is 14.2. The predicted molar refractivity (Wildman–Crippen MR) is 88.4 cm³/mol. The molecule has 3 nitrogen and oxygen atoms in total. The Morgan fingerprint density at radius 1 is 1.29 bits per heavy atom. The van der Waals surface area contributed by atoms with Gasteiger partial charge in [-0.3, -0.25) is 4.79 Å². The molecule has 0 aliphatic rings. The molecule has 0 saturated heterocycles. The van der Waals surface area contributed by atoms with E-state index in [0.29, 0.717) is 21.5 Å². The fourth-order valence-electron chi connectivity index (χ4n) is 2.33. The number of halogens is 3. The highest BCUT2D eigenvalue weighted by Gasteiger charge is 2.18. The molecule has 0 aromatic heterocycles. The molecule has 0 spiro atoms. The average molecular weight is 353 g/mol. The van der Waals surface area contributed by atoms with Crippen molar-refractivity contribution in [2.45, 2.75) is 32.6 Å². The Balaban J connectivity index is 2.50. The topological polar surface area (TPSA) is 63.3 Å². The highest BCUT2D eigenvalue weighted by molar-refractivity contribution is 6.44. The quantitative estimate of drug-likeness (QED) is 0.669. The van der Waals surface area contributed by atoms with Gasteiger partial charge >= 0.3 is 5.97 Å². The first-order valence-electron chi connectivity index (χ1n) is 6.92. The van der Waals surface area contributed by atoms with Gasteiger partial charge in [0.25, 0.3) is 0 Å². The van der Waals surface area contributed by atoms with E-state index in [1.54, 1.807) is 12.1 Å². The molecule has 6 heteroatoms. The van der Waals surface area contributed by atoms with E-state index in [1.807, 2.05) is 6.92 Å². The average Bonchev–Trinajstić information content (AvgIpc) is 2.43. The van der Waals surface area contributed by atoms with Crippen molar-refractivity contribution in [3.05, 3.63) is 32.8 Å². The lowest BCUT2D eigenvalue weighted by Crippen LogP contribution is -2.25. The molecule has 0 radical (unpaired) electrons. The molecule has 0 saturated carbocycles. The zero-order chi connectivity index (χ0) is 16.0. The lowest BCUT2D eigenvalue weighted by molar-refractivity contribution is -0.141. The van der Waals surface area contributed by atoms with Crippen LogP contribution in [0, 0.1) is 11.8 Å². The molecule has 1 rings (SSSR count). The Morgan fingerprint density at radius 3 is 2.48 bits per heavy atom. The second kappa shape index (κ2) is 8.84. The van der Waals surface area contributed by atoms with Crippen molar-refractivity contribution in [1.29, 1.82) is 0 Å². The summed E-state index contributed by atoms with van der Waals surface area (Å²) in [5.41, 5.74) is 6.32. The molecule has 0 amide bonds. The van der Waals surface area contributed by atoms with Crippen molar-refractivity contribution in [2.75, 3.05) is 6.54 Å². The van der Waals surface area contributed by atoms with Crippen LogP contribution in [0.1, 0.15) is 31.7 Å². The Labute approximate surface area is 140 Å². The number of aliphatic carboxylic acids is 1. The number of nitrogens with two attached hydrogens (primary N) is 1. The monoisotopic (exact) mass is 351 g/mol. The van der Waals surface area contributed by atoms with Gasteiger partial charge in [0, 0.05) is 11.6 Å². The molecular weight excluding hydrogens is 333 g/mol. The Bertz CT molecular complexity index is 494. The van der Waals surface area contributed by atoms with Gasteiger partial charge in [-0.25, -0.2) is 0 Å². The molecule has 21 heavy (non-hydrogen) atoms. The van der Waals surface area contributed by atoms with Crippen molar-refractivity contribution in [3.8, 4) is 0 Å². The van der Waals surface area contributed by atoms with Crippen molar-refractivity contribution >= 4 is 40.8 Å². The minimum Gasteiger partial charge on any atom is -0.481 e. The largest absolute Gasteiger partial charge is 0.481 e. The minimum atomic E-state index is -0.828. The second-order valence-corrected chi connectivity index (χ2v) is 6.52. The zero-order valence-electron chi connectivity index (χ0n) is 11.9. The number of carbonyl (C=O) groups is 1. The molecule has 0 heterocycles. The van der Waals surface area contributed by atoms with Crippen LogP contribution >= 0.6 is 34.8 Å². The van der Waals surface area contributed by atoms with Gasteiger partial charge < -0.3 is 10.8 Å². The van der Waals surface area contributed by atoms with E-state index in [0.717, 1.165) is 24.8 Å². The summed E-state index contributed by atoms with van der Waals surface area (Å²) in [6.07, 6.45) is 3.08. The first-order valence-corrected chi connectivity index (χ1v) is 8.05. The molecule has 118 valence electrons. The van der Waals surface area contributed by atoms with Gasteiger partial charge in [-0.2, -0.15) is 0 Å². The van der Waals surface area contributed by atoms with Crippen LogP contribution in [-0.4, -0.2) is 17.6 Å².